The molecule has 1 atom stereocenters. The first-order chi connectivity index (χ1) is 10.8. The van der Waals surface area contributed by atoms with Gasteiger partial charge in [0.15, 0.2) is 0 Å². The summed E-state index contributed by atoms with van der Waals surface area (Å²) in [6.07, 6.45) is 2.32. The minimum absolute atomic E-state index is 0.0646. The maximum Gasteiger partial charge on any atom is 0.253 e. The van der Waals surface area contributed by atoms with Gasteiger partial charge in [0.1, 0.15) is 0 Å². The fraction of sp³-hybridized carbons (Fsp3) is 0.438. The molecule has 126 valence electrons. The van der Waals surface area contributed by atoms with E-state index in [0.717, 1.165) is 6.42 Å². The van der Waals surface area contributed by atoms with Crippen molar-refractivity contribution in [3.05, 3.63) is 42.5 Å². The zero-order valence-electron chi connectivity index (χ0n) is 13.3. The second-order valence-electron chi connectivity index (χ2n) is 6.16. The maximum absolute atomic E-state index is 12.6. The summed E-state index contributed by atoms with van der Waals surface area (Å²) in [5, 5.41) is 0. The highest BCUT2D eigenvalue weighted by Gasteiger charge is 2.35. The van der Waals surface area contributed by atoms with E-state index in [1.54, 1.807) is 17.0 Å². The predicted octanol–water partition coefficient (Wildman–Crippen LogP) is 0.962. The summed E-state index contributed by atoms with van der Waals surface area (Å²) in [5.74, 6) is -0.164. The quantitative estimate of drug-likeness (QED) is 0.756. The van der Waals surface area contributed by atoms with Gasteiger partial charge in [0.25, 0.3) is 5.91 Å². The Bertz CT molecular complexity index is 702. The largest absolute Gasteiger partial charge is 0.338 e. The average molecular weight is 337 g/mol. The molecule has 7 heteroatoms. The van der Waals surface area contributed by atoms with E-state index < -0.39 is 10.0 Å². The van der Waals surface area contributed by atoms with E-state index in [9.17, 15) is 13.2 Å². The highest BCUT2D eigenvalue weighted by atomic mass is 32.2. The second-order valence-corrected chi connectivity index (χ2v) is 7.93. The molecule has 2 rings (SSSR count). The van der Waals surface area contributed by atoms with Crippen LogP contribution < -0.4 is 10.5 Å². The summed E-state index contributed by atoms with van der Waals surface area (Å²) in [6, 6.07) is 6.09. The molecule has 23 heavy (non-hydrogen) atoms. The first-order valence-electron chi connectivity index (χ1n) is 7.51. The van der Waals surface area contributed by atoms with Crippen LogP contribution in [0.15, 0.2) is 41.8 Å². The van der Waals surface area contributed by atoms with Gasteiger partial charge in [0.05, 0.1) is 4.90 Å². The third kappa shape index (κ3) is 3.99. The Labute approximate surface area is 137 Å². The van der Waals surface area contributed by atoms with Crippen LogP contribution in [-0.2, 0) is 10.0 Å². The fourth-order valence-electron chi connectivity index (χ4n) is 2.59. The number of amides is 1. The van der Waals surface area contributed by atoms with Crippen LogP contribution in [0, 0.1) is 5.41 Å². The van der Waals surface area contributed by atoms with Crippen molar-refractivity contribution in [3.8, 4) is 0 Å². The van der Waals surface area contributed by atoms with Crippen LogP contribution in [0.25, 0.3) is 0 Å². The number of hydrogen-bond donors (Lipinski definition) is 2. The van der Waals surface area contributed by atoms with E-state index in [-0.39, 0.29) is 22.8 Å². The van der Waals surface area contributed by atoms with Gasteiger partial charge in [-0.3, -0.25) is 4.79 Å². The summed E-state index contributed by atoms with van der Waals surface area (Å²) in [4.78, 5) is 14.4. The second kappa shape index (κ2) is 6.82. The van der Waals surface area contributed by atoms with Crippen LogP contribution in [-0.4, -0.2) is 45.4 Å². The van der Waals surface area contributed by atoms with Crippen molar-refractivity contribution in [3.63, 3.8) is 0 Å². The third-order valence-corrected chi connectivity index (χ3v) is 5.57. The smallest absolute Gasteiger partial charge is 0.253 e. The number of carbonyl (C=O) groups is 1. The minimum atomic E-state index is -3.64. The van der Waals surface area contributed by atoms with Crippen molar-refractivity contribution in [2.45, 2.75) is 18.2 Å². The number of nitrogens with one attached hydrogen (secondary N) is 1. The molecule has 0 aromatic heterocycles. The van der Waals surface area contributed by atoms with E-state index in [4.69, 9.17) is 5.73 Å². The van der Waals surface area contributed by atoms with Gasteiger partial charge in [-0.15, -0.1) is 6.58 Å². The topological polar surface area (TPSA) is 92.5 Å². The summed E-state index contributed by atoms with van der Waals surface area (Å²) < 4.78 is 26.7. The average Bonchev–Trinajstić information content (AvgIpc) is 2.95. The Morgan fingerprint density at radius 2 is 2.26 bits per heavy atom. The van der Waals surface area contributed by atoms with Crippen molar-refractivity contribution >= 4 is 15.9 Å². The number of nitrogens with two attached hydrogens (primary N) is 1. The number of carbonyl (C=O) groups excluding carboxylic acids is 1. The van der Waals surface area contributed by atoms with Gasteiger partial charge >= 0.3 is 0 Å². The molecule has 1 aromatic carbocycles. The lowest BCUT2D eigenvalue weighted by Crippen LogP contribution is -2.34. The molecule has 1 saturated heterocycles. The molecule has 1 fully saturated rings. The molecule has 3 N–H and O–H groups in total. The normalized spacial score (nSPS) is 21.4. The van der Waals surface area contributed by atoms with Crippen LogP contribution in [0.4, 0.5) is 0 Å². The molecule has 6 nitrogen and oxygen atoms in total. The number of nitrogens with zero attached hydrogens (tertiary/aromatic N) is 1. The van der Waals surface area contributed by atoms with Crippen molar-refractivity contribution < 1.29 is 13.2 Å². The molecule has 1 unspecified atom stereocenters. The van der Waals surface area contributed by atoms with Crippen LogP contribution in [0.2, 0.25) is 0 Å². The lowest BCUT2D eigenvalue weighted by atomic mass is 9.90. The molecule has 1 amide bonds. The number of sulfonamides is 1. The van der Waals surface area contributed by atoms with E-state index in [1.807, 2.05) is 0 Å². The van der Waals surface area contributed by atoms with Crippen LogP contribution in [0.3, 0.4) is 0 Å². The molecule has 0 radical (unpaired) electrons. The molecule has 0 saturated carbocycles. The number of hydrogen-bond acceptors (Lipinski definition) is 4. The summed E-state index contributed by atoms with van der Waals surface area (Å²) in [7, 11) is -3.64. The Morgan fingerprint density at radius 3 is 2.87 bits per heavy atom. The zero-order valence-corrected chi connectivity index (χ0v) is 14.1. The van der Waals surface area contributed by atoms with Gasteiger partial charge < -0.3 is 10.6 Å². The lowest BCUT2D eigenvalue weighted by molar-refractivity contribution is 0.0776. The minimum Gasteiger partial charge on any atom is -0.338 e. The van der Waals surface area contributed by atoms with E-state index in [2.05, 4.69) is 18.2 Å². The Hall–Kier alpha value is -1.70. The van der Waals surface area contributed by atoms with Crippen LogP contribution >= 0.6 is 0 Å². The zero-order chi connectivity index (χ0) is 17.1. The first kappa shape index (κ1) is 17.7. The first-order valence-corrected chi connectivity index (χ1v) is 9.00. The fourth-order valence-corrected chi connectivity index (χ4v) is 3.64. The van der Waals surface area contributed by atoms with E-state index >= 15 is 0 Å². The van der Waals surface area contributed by atoms with Crippen molar-refractivity contribution in [2.24, 2.45) is 11.1 Å². The molecular formula is C16H23N3O3S. The highest BCUT2D eigenvalue weighted by molar-refractivity contribution is 7.89. The standard InChI is InChI=1S/C16H23N3O3S/c1-3-8-18-23(21,22)14-6-4-5-13(10-14)15(20)19-9-7-16(2,11-17)12-19/h3-6,10,18H,1,7-9,11-12,17H2,2H3. The van der Waals surface area contributed by atoms with Crippen molar-refractivity contribution in [1.29, 1.82) is 0 Å². The van der Waals surface area contributed by atoms with E-state index in [0.29, 0.717) is 25.2 Å². The van der Waals surface area contributed by atoms with Gasteiger partial charge in [0.2, 0.25) is 10.0 Å². The Kier molecular flexibility index (Phi) is 5.23. The molecule has 1 aromatic rings. The lowest BCUT2D eigenvalue weighted by Gasteiger charge is -2.22. The summed E-state index contributed by atoms with van der Waals surface area (Å²) >= 11 is 0. The maximum atomic E-state index is 12.6. The van der Waals surface area contributed by atoms with Gasteiger partial charge in [-0.1, -0.05) is 19.1 Å². The van der Waals surface area contributed by atoms with Crippen molar-refractivity contribution in [1.82, 2.24) is 9.62 Å². The van der Waals surface area contributed by atoms with E-state index in [1.165, 1.54) is 18.2 Å². The van der Waals surface area contributed by atoms with Crippen molar-refractivity contribution in [2.75, 3.05) is 26.2 Å². The molecule has 1 heterocycles. The molecule has 1 aliphatic heterocycles. The molecule has 0 spiro atoms. The van der Waals surface area contributed by atoms with Gasteiger partial charge in [-0.05, 0) is 36.6 Å². The predicted molar refractivity (Wildman–Crippen MR) is 89.5 cm³/mol. The number of rotatable bonds is 6. The Morgan fingerprint density at radius 1 is 1.52 bits per heavy atom. The SMILES string of the molecule is C=CCNS(=O)(=O)c1cccc(C(=O)N2CCC(C)(CN)C2)c1. The van der Waals surface area contributed by atoms with Crippen LogP contribution in [0.1, 0.15) is 23.7 Å². The highest BCUT2D eigenvalue weighted by Crippen LogP contribution is 2.29. The molecule has 1 aliphatic rings. The number of benzene rings is 1. The summed E-state index contributed by atoms with van der Waals surface area (Å²) in [6.45, 7) is 7.43. The number of likely N-dealkylation sites (tertiary alicyclic amines) is 1. The van der Waals surface area contributed by atoms with Gasteiger partial charge in [0, 0.05) is 25.2 Å². The molecule has 0 bridgehead atoms. The van der Waals surface area contributed by atoms with Gasteiger partial charge in [-0.25, -0.2) is 13.1 Å². The summed E-state index contributed by atoms with van der Waals surface area (Å²) in [5.41, 5.74) is 6.07. The van der Waals surface area contributed by atoms with Crippen LogP contribution in [0.5, 0.6) is 0 Å². The van der Waals surface area contributed by atoms with Gasteiger partial charge in [-0.2, -0.15) is 0 Å². The molecule has 0 aliphatic carbocycles. The Balaban J connectivity index is 2.20. The third-order valence-electron chi connectivity index (χ3n) is 4.15. The monoisotopic (exact) mass is 337 g/mol. The molecular weight excluding hydrogens is 314 g/mol.